The first-order valence-electron chi connectivity index (χ1n) is 11.9. The lowest BCUT2D eigenvalue weighted by molar-refractivity contribution is -0.274. The summed E-state index contributed by atoms with van der Waals surface area (Å²) in [6.45, 7) is 1.04. The number of ether oxygens (including phenoxy) is 1. The molecule has 2 aromatic carbocycles. The molecule has 1 N–H and O–H groups in total. The molecule has 1 saturated heterocycles. The maximum atomic E-state index is 13.2. The Bertz CT molecular complexity index is 1600. The summed E-state index contributed by atoms with van der Waals surface area (Å²) < 4.78 is 71.4. The van der Waals surface area contributed by atoms with Gasteiger partial charge < -0.3 is 10.1 Å². The van der Waals surface area contributed by atoms with Crippen molar-refractivity contribution in [2.75, 3.05) is 25.0 Å². The van der Waals surface area contributed by atoms with Gasteiger partial charge in [-0.1, -0.05) is 29.8 Å². The fraction of sp³-hybridized carbons (Fsp3) is 0.280. The summed E-state index contributed by atoms with van der Waals surface area (Å²) in [7, 11) is -3.90. The van der Waals surface area contributed by atoms with Gasteiger partial charge in [-0.05, 0) is 65.0 Å². The molecule has 39 heavy (non-hydrogen) atoms. The van der Waals surface area contributed by atoms with Crippen molar-refractivity contribution in [1.29, 1.82) is 0 Å². The lowest BCUT2D eigenvalue weighted by atomic mass is 10.00. The smallest absolute Gasteiger partial charge is 0.406 e. The van der Waals surface area contributed by atoms with Gasteiger partial charge in [0.05, 0.1) is 21.3 Å². The molecule has 14 heteroatoms. The highest BCUT2D eigenvalue weighted by Gasteiger charge is 2.33. The Morgan fingerprint density at radius 3 is 2.62 bits per heavy atom. The van der Waals surface area contributed by atoms with Gasteiger partial charge in [-0.25, -0.2) is 13.4 Å². The largest absolute Gasteiger partial charge is 0.573 e. The lowest BCUT2D eigenvalue weighted by Crippen LogP contribution is -2.41. The monoisotopic (exact) mass is 643 g/mol. The summed E-state index contributed by atoms with van der Waals surface area (Å²) >= 11 is 9.89. The molecule has 5 rings (SSSR count). The van der Waals surface area contributed by atoms with Crippen LogP contribution >= 0.6 is 27.5 Å². The van der Waals surface area contributed by atoms with Crippen molar-refractivity contribution < 1.29 is 26.3 Å². The summed E-state index contributed by atoms with van der Waals surface area (Å²) in [5, 5.41) is 8.34. The van der Waals surface area contributed by atoms with Gasteiger partial charge in [0.2, 0.25) is 10.0 Å². The second kappa shape index (κ2) is 11.0. The second-order valence-corrected chi connectivity index (χ2v) is 12.2. The Morgan fingerprint density at radius 2 is 1.90 bits per heavy atom. The van der Waals surface area contributed by atoms with E-state index in [0.717, 1.165) is 36.2 Å². The molecular weight excluding hydrogens is 623 g/mol. The van der Waals surface area contributed by atoms with Crippen LogP contribution in [0.15, 0.2) is 70.2 Å². The third kappa shape index (κ3) is 6.16. The van der Waals surface area contributed by atoms with Crippen LogP contribution in [0.1, 0.15) is 12.8 Å². The second-order valence-electron chi connectivity index (χ2n) is 9.01. The SMILES string of the molecule is O=S(=O)(c1ccc(OC(F)(F)F)cc1)N1CCCC(CNc2cc(-c3ccccc3Cl)nc3c(Br)cnn23)C1. The zero-order valence-corrected chi connectivity index (χ0v) is 23.4. The minimum absolute atomic E-state index is 0.0210. The van der Waals surface area contributed by atoms with Gasteiger partial charge in [0, 0.05) is 36.3 Å². The average molecular weight is 645 g/mol. The Kier molecular flexibility index (Phi) is 7.77. The molecule has 206 valence electrons. The predicted molar refractivity (Wildman–Crippen MR) is 144 cm³/mol. The van der Waals surface area contributed by atoms with Crippen LogP contribution in [0.3, 0.4) is 0 Å². The Balaban J connectivity index is 1.32. The van der Waals surface area contributed by atoms with E-state index in [-0.39, 0.29) is 17.4 Å². The van der Waals surface area contributed by atoms with Crippen molar-refractivity contribution in [3.63, 3.8) is 0 Å². The molecule has 0 radical (unpaired) electrons. The molecule has 0 amide bonds. The number of halogens is 5. The van der Waals surface area contributed by atoms with Crippen molar-refractivity contribution in [2.24, 2.45) is 5.92 Å². The molecule has 0 saturated carbocycles. The third-order valence-electron chi connectivity index (χ3n) is 6.33. The zero-order chi connectivity index (χ0) is 27.8. The normalized spacial score (nSPS) is 16.9. The van der Waals surface area contributed by atoms with Crippen molar-refractivity contribution >= 4 is 49.0 Å². The van der Waals surface area contributed by atoms with Gasteiger partial charge >= 0.3 is 6.36 Å². The highest BCUT2D eigenvalue weighted by Crippen LogP contribution is 2.31. The number of nitrogens with one attached hydrogen (secondary N) is 1. The number of hydrogen-bond donors (Lipinski definition) is 1. The molecule has 1 aliphatic rings. The van der Waals surface area contributed by atoms with E-state index in [1.807, 2.05) is 24.3 Å². The predicted octanol–water partition coefficient (Wildman–Crippen LogP) is 6.22. The highest BCUT2D eigenvalue weighted by atomic mass is 79.9. The van der Waals surface area contributed by atoms with Crippen molar-refractivity contribution in [3.8, 4) is 17.0 Å². The molecule has 3 heterocycles. The van der Waals surface area contributed by atoms with Crippen LogP contribution in [0.25, 0.3) is 16.9 Å². The fourth-order valence-corrected chi connectivity index (χ4v) is 6.63. The zero-order valence-electron chi connectivity index (χ0n) is 20.2. The lowest BCUT2D eigenvalue weighted by Gasteiger charge is -2.32. The molecular formula is C25H22BrClF3N5O3S. The van der Waals surface area contributed by atoms with Crippen molar-refractivity contribution in [3.05, 3.63) is 70.3 Å². The van der Waals surface area contributed by atoms with E-state index in [4.69, 9.17) is 16.6 Å². The number of alkyl halides is 3. The van der Waals surface area contributed by atoms with Gasteiger partial charge in [0.1, 0.15) is 11.6 Å². The van der Waals surface area contributed by atoms with Crippen LogP contribution in [-0.2, 0) is 10.0 Å². The molecule has 0 bridgehead atoms. The van der Waals surface area contributed by atoms with Gasteiger partial charge in [0.15, 0.2) is 5.65 Å². The van der Waals surface area contributed by atoms with E-state index < -0.39 is 22.1 Å². The van der Waals surface area contributed by atoms with Crippen LogP contribution in [0, 0.1) is 5.92 Å². The maximum absolute atomic E-state index is 13.2. The van der Waals surface area contributed by atoms with Crippen molar-refractivity contribution in [2.45, 2.75) is 24.1 Å². The first kappa shape index (κ1) is 27.7. The standard InChI is InChI=1S/C25H22BrClF3N5O3S/c26-20-14-32-35-23(12-22(33-24(20)35)19-5-1-2-6-21(19)27)31-13-16-4-3-11-34(15-16)39(36,37)18-9-7-17(8-10-18)38-25(28,29)30/h1-2,5-10,12,14,16,31H,3-4,11,13,15H2. The number of piperidine rings is 1. The minimum atomic E-state index is -4.85. The Hall–Kier alpha value is -2.87. The molecule has 1 unspecified atom stereocenters. The van der Waals surface area contributed by atoms with Crippen LogP contribution in [0.5, 0.6) is 5.75 Å². The number of aromatic nitrogens is 3. The van der Waals surface area contributed by atoms with Gasteiger partial charge in [0.25, 0.3) is 0 Å². The molecule has 8 nitrogen and oxygen atoms in total. The molecule has 1 fully saturated rings. The molecule has 4 aromatic rings. The topological polar surface area (TPSA) is 88.8 Å². The van der Waals surface area contributed by atoms with E-state index in [2.05, 4.69) is 31.1 Å². The van der Waals surface area contributed by atoms with Gasteiger partial charge in [-0.2, -0.15) is 13.9 Å². The Morgan fingerprint density at radius 1 is 1.15 bits per heavy atom. The number of sulfonamides is 1. The number of fused-ring (bicyclic) bond motifs is 1. The summed E-state index contributed by atoms with van der Waals surface area (Å²) in [6.07, 6.45) is -1.77. The number of rotatable bonds is 7. The number of benzene rings is 2. The van der Waals surface area contributed by atoms with Crippen LogP contribution < -0.4 is 10.1 Å². The molecule has 1 atom stereocenters. The summed E-state index contributed by atoms with van der Waals surface area (Å²) in [5.74, 6) is 0.167. The average Bonchev–Trinajstić information content (AvgIpc) is 3.28. The minimum Gasteiger partial charge on any atom is -0.406 e. The number of nitrogens with zero attached hydrogens (tertiary/aromatic N) is 4. The van der Waals surface area contributed by atoms with Crippen LogP contribution in [0.2, 0.25) is 5.02 Å². The quantitative estimate of drug-likeness (QED) is 0.257. The maximum Gasteiger partial charge on any atom is 0.573 e. The van der Waals surface area contributed by atoms with Crippen LogP contribution in [0.4, 0.5) is 19.0 Å². The molecule has 1 aliphatic heterocycles. The van der Waals surface area contributed by atoms with E-state index in [9.17, 15) is 21.6 Å². The van der Waals surface area contributed by atoms with Crippen LogP contribution in [-0.4, -0.2) is 53.3 Å². The van der Waals surface area contributed by atoms with E-state index in [0.29, 0.717) is 46.2 Å². The summed E-state index contributed by atoms with van der Waals surface area (Å²) in [6, 6.07) is 13.5. The van der Waals surface area contributed by atoms with Gasteiger partial charge in [-0.3, -0.25) is 0 Å². The summed E-state index contributed by atoms with van der Waals surface area (Å²) in [5.41, 5.74) is 2.02. The third-order valence-corrected chi connectivity index (χ3v) is 9.10. The fourth-order valence-electron chi connectivity index (χ4n) is 4.49. The first-order chi connectivity index (χ1) is 18.5. The molecule has 2 aromatic heterocycles. The Labute approximate surface area is 235 Å². The van der Waals surface area contributed by atoms with Crippen molar-refractivity contribution in [1.82, 2.24) is 18.9 Å². The highest BCUT2D eigenvalue weighted by molar-refractivity contribution is 9.10. The van der Waals surface area contributed by atoms with E-state index in [1.165, 1.54) is 4.31 Å². The van der Waals surface area contributed by atoms with E-state index in [1.54, 1.807) is 16.8 Å². The van der Waals surface area contributed by atoms with E-state index >= 15 is 0 Å². The van der Waals surface area contributed by atoms with Gasteiger partial charge in [-0.15, -0.1) is 13.2 Å². The number of anilines is 1. The molecule has 0 spiro atoms. The first-order valence-corrected chi connectivity index (χ1v) is 14.5. The summed E-state index contributed by atoms with van der Waals surface area (Å²) in [4.78, 5) is 4.60. The number of hydrogen-bond acceptors (Lipinski definition) is 6. The molecule has 0 aliphatic carbocycles.